The van der Waals surface area contributed by atoms with E-state index in [2.05, 4.69) is 5.32 Å². The van der Waals surface area contributed by atoms with Crippen molar-refractivity contribution in [2.24, 2.45) is 7.05 Å². The third kappa shape index (κ3) is 2.00. The SMILES string of the molecule is Cn1c(C(=O)N2CCNCC2)cc2c(F)cccc21. The number of amides is 1. The van der Waals surface area contributed by atoms with Crippen molar-refractivity contribution in [3.63, 3.8) is 0 Å². The molecule has 2 aromatic rings. The molecule has 0 unspecified atom stereocenters. The molecule has 19 heavy (non-hydrogen) atoms. The van der Waals surface area contributed by atoms with E-state index in [1.54, 1.807) is 23.7 Å². The molecule has 2 heterocycles. The Kier molecular flexibility index (Phi) is 2.98. The first kappa shape index (κ1) is 12.2. The Bertz CT molecular complexity index is 629. The van der Waals surface area contributed by atoms with Crippen LogP contribution in [0.5, 0.6) is 0 Å². The number of hydrogen-bond acceptors (Lipinski definition) is 2. The number of fused-ring (bicyclic) bond motifs is 1. The van der Waals surface area contributed by atoms with Crippen LogP contribution in [-0.2, 0) is 7.05 Å². The van der Waals surface area contributed by atoms with Crippen molar-refractivity contribution in [1.29, 1.82) is 0 Å². The zero-order chi connectivity index (χ0) is 13.4. The van der Waals surface area contributed by atoms with Crippen molar-refractivity contribution in [1.82, 2.24) is 14.8 Å². The number of aromatic nitrogens is 1. The number of piperazine rings is 1. The molecule has 0 spiro atoms. The van der Waals surface area contributed by atoms with Gasteiger partial charge in [0.05, 0.1) is 5.52 Å². The van der Waals surface area contributed by atoms with Crippen LogP contribution in [0.15, 0.2) is 24.3 Å². The number of halogens is 1. The summed E-state index contributed by atoms with van der Waals surface area (Å²) in [7, 11) is 1.80. The summed E-state index contributed by atoms with van der Waals surface area (Å²) in [6, 6.07) is 6.56. The maximum atomic E-state index is 13.7. The van der Waals surface area contributed by atoms with Gasteiger partial charge in [0.1, 0.15) is 11.5 Å². The number of nitrogens with one attached hydrogen (secondary N) is 1. The number of nitrogens with zero attached hydrogens (tertiary/aromatic N) is 2. The van der Waals surface area contributed by atoms with Crippen LogP contribution in [0.25, 0.3) is 10.9 Å². The van der Waals surface area contributed by atoms with E-state index in [1.165, 1.54) is 6.07 Å². The van der Waals surface area contributed by atoms with Gasteiger partial charge in [-0.2, -0.15) is 0 Å². The molecule has 1 amide bonds. The second kappa shape index (κ2) is 4.66. The van der Waals surface area contributed by atoms with Gasteiger partial charge in [0.2, 0.25) is 0 Å². The Labute approximate surface area is 110 Å². The van der Waals surface area contributed by atoms with Crippen LogP contribution in [-0.4, -0.2) is 41.6 Å². The van der Waals surface area contributed by atoms with E-state index in [4.69, 9.17) is 0 Å². The van der Waals surface area contributed by atoms with Gasteiger partial charge in [-0.1, -0.05) is 6.07 Å². The van der Waals surface area contributed by atoms with Crippen molar-refractivity contribution in [2.75, 3.05) is 26.2 Å². The fourth-order valence-electron chi connectivity index (χ4n) is 2.56. The average molecular weight is 261 g/mol. The van der Waals surface area contributed by atoms with Crippen LogP contribution in [0.4, 0.5) is 4.39 Å². The molecular formula is C14H16FN3O. The van der Waals surface area contributed by atoms with Crippen LogP contribution in [0.3, 0.4) is 0 Å². The van der Waals surface area contributed by atoms with E-state index in [1.807, 2.05) is 11.0 Å². The highest BCUT2D eigenvalue weighted by molar-refractivity contribution is 5.98. The Morgan fingerprint density at radius 2 is 2.05 bits per heavy atom. The molecule has 1 N–H and O–H groups in total. The predicted octanol–water partition coefficient (Wildman–Crippen LogP) is 1.36. The number of benzene rings is 1. The minimum atomic E-state index is -0.285. The molecule has 100 valence electrons. The lowest BCUT2D eigenvalue weighted by atomic mass is 10.2. The molecule has 1 aromatic heterocycles. The zero-order valence-electron chi connectivity index (χ0n) is 10.8. The average Bonchev–Trinajstić information content (AvgIpc) is 2.78. The van der Waals surface area contributed by atoms with Crippen molar-refractivity contribution < 1.29 is 9.18 Å². The Balaban J connectivity index is 2.02. The zero-order valence-corrected chi connectivity index (χ0v) is 10.8. The Morgan fingerprint density at radius 3 is 2.74 bits per heavy atom. The van der Waals surface area contributed by atoms with E-state index in [0.29, 0.717) is 24.2 Å². The van der Waals surface area contributed by atoms with Gasteiger partial charge in [0.15, 0.2) is 0 Å². The fraction of sp³-hybridized carbons (Fsp3) is 0.357. The maximum Gasteiger partial charge on any atom is 0.270 e. The van der Waals surface area contributed by atoms with E-state index in [-0.39, 0.29) is 11.7 Å². The lowest BCUT2D eigenvalue weighted by Crippen LogP contribution is -2.46. The van der Waals surface area contributed by atoms with E-state index >= 15 is 0 Å². The second-order valence-corrected chi connectivity index (χ2v) is 4.80. The monoisotopic (exact) mass is 261 g/mol. The van der Waals surface area contributed by atoms with Gasteiger partial charge in [0.25, 0.3) is 5.91 Å². The van der Waals surface area contributed by atoms with E-state index in [0.717, 1.165) is 18.6 Å². The predicted molar refractivity (Wildman–Crippen MR) is 71.7 cm³/mol. The summed E-state index contributed by atoms with van der Waals surface area (Å²) in [5, 5.41) is 3.71. The van der Waals surface area contributed by atoms with Gasteiger partial charge < -0.3 is 14.8 Å². The molecule has 0 saturated carbocycles. The van der Waals surface area contributed by atoms with Gasteiger partial charge in [-0.05, 0) is 18.2 Å². The van der Waals surface area contributed by atoms with Crippen LogP contribution in [0, 0.1) is 5.82 Å². The summed E-state index contributed by atoms with van der Waals surface area (Å²) < 4.78 is 15.5. The Morgan fingerprint density at radius 1 is 1.32 bits per heavy atom. The fourth-order valence-corrected chi connectivity index (χ4v) is 2.56. The topological polar surface area (TPSA) is 37.3 Å². The number of rotatable bonds is 1. The number of hydrogen-bond donors (Lipinski definition) is 1. The van der Waals surface area contributed by atoms with Crippen LogP contribution in [0.1, 0.15) is 10.5 Å². The molecule has 1 aliphatic heterocycles. The quantitative estimate of drug-likeness (QED) is 0.841. The van der Waals surface area contributed by atoms with E-state index < -0.39 is 0 Å². The summed E-state index contributed by atoms with van der Waals surface area (Å²) >= 11 is 0. The van der Waals surface area contributed by atoms with E-state index in [9.17, 15) is 9.18 Å². The summed E-state index contributed by atoms with van der Waals surface area (Å²) in [5.74, 6) is -0.313. The maximum absolute atomic E-state index is 13.7. The number of carbonyl (C=O) groups excluding carboxylic acids is 1. The third-order valence-electron chi connectivity index (χ3n) is 3.66. The molecule has 1 aromatic carbocycles. The molecule has 4 nitrogen and oxygen atoms in total. The van der Waals surface area contributed by atoms with Gasteiger partial charge in [-0.3, -0.25) is 4.79 Å². The number of carbonyl (C=O) groups is 1. The Hall–Kier alpha value is -1.88. The highest BCUT2D eigenvalue weighted by Gasteiger charge is 2.22. The summed E-state index contributed by atoms with van der Waals surface area (Å²) in [6.07, 6.45) is 0. The van der Waals surface area contributed by atoms with Gasteiger partial charge >= 0.3 is 0 Å². The first-order valence-electron chi connectivity index (χ1n) is 6.42. The smallest absolute Gasteiger partial charge is 0.270 e. The molecule has 1 saturated heterocycles. The molecule has 0 bridgehead atoms. The third-order valence-corrected chi connectivity index (χ3v) is 3.66. The minimum Gasteiger partial charge on any atom is -0.340 e. The van der Waals surface area contributed by atoms with Crippen LogP contribution >= 0.6 is 0 Å². The summed E-state index contributed by atoms with van der Waals surface area (Å²) in [5.41, 5.74) is 1.29. The molecule has 3 rings (SSSR count). The van der Waals surface area contributed by atoms with Crippen molar-refractivity contribution >= 4 is 16.8 Å². The molecule has 0 radical (unpaired) electrons. The van der Waals surface area contributed by atoms with Crippen molar-refractivity contribution in [2.45, 2.75) is 0 Å². The molecule has 1 fully saturated rings. The summed E-state index contributed by atoms with van der Waals surface area (Å²) in [4.78, 5) is 14.3. The van der Waals surface area contributed by atoms with Gasteiger partial charge in [-0.25, -0.2) is 4.39 Å². The summed E-state index contributed by atoms with van der Waals surface area (Å²) in [6.45, 7) is 3.01. The van der Waals surface area contributed by atoms with Crippen LogP contribution < -0.4 is 5.32 Å². The molecule has 1 aliphatic rings. The first-order valence-corrected chi connectivity index (χ1v) is 6.42. The van der Waals surface area contributed by atoms with Crippen LogP contribution in [0.2, 0.25) is 0 Å². The highest BCUT2D eigenvalue weighted by Crippen LogP contribution is 2.22. The first-order chi connectivity index (χ1) is 9.18. The minimum absolute atomic E-state index is 0.0281. The van der Waals surface area contributed by atoms with Gasteiger partial charge in [0, 0.05) is 38.6 Å². The second-order valence-electron chi connectivity index (χ2n) is 4.80. The molecule has 5 heteroatoms. The molecule has 0 atom stereocenters. The normalized spacial score (nSPS) is 16.0. The lowest BCUT2D eigenvalue weighted by molar-refractivity contribution is 0.0726. The standard InChI is InChI=1S/C14H16FN3O/c1-17-12-4-2-3-11(15)10(12)9-13(17)14(19)18-7-5-16-6-8-18/h2-4,9,16H,5-8H2,1H3. The van der Waals surface area contributed by atoms with Gasteiger partial charge in [-0.15, -0.1) is 0 Å². The largest absolute Gasteiger partial charge is 0.340 e. The number of aryl methyl sites for hydroxylation is 1. The molecular weight excluding hydrogens is 245 g/mol. The van der Waals surface area contributed by atoms with Crippen molar-refractivity contribution in [3.05, 3.63) is 35.8 Å². The molecule has 0 aliphatic carbocycles. The van der Waals surface area contributed by atoms with Crippen molar-refractivity contribution in [3.8, 4) is 0 Å². The highest BCUT2D eigenvalue weighted by atomic mass is 19.1. The lowest BCUT2D eigenvalue weighted by Gasteiger charge is -2.27.